The Bertz CT molecular complexity index is 428. The minimum absolute atomic E-state index is 0.175. The van der Waals surface area contributed by atoms with Crippen LogP contribution in [0.4, 0.5) is 0 Å². The predicted octanol–water partition coefficient (Wildman–Crippen LogP) is 1.26. The number of carbonyl (C=O) groups excluding carboxylic acids is 2. The molecule has 0 saturated carbocycles. The average molecular weight is 216 g/mol. The molecule has 1 atom stereocenters. The molecule has 1 fully saturated rings. The van der Waals surface area contributed by atoms with E-state index in [-0.39, 0.29) is 11.7 Å². The summed E-state index contributed by atoms with van der Waals surface area (Å²) in [6, 6.07) is 5.11. The van der Waals surface area contributed by atoms with Crippen LogP contribution in [0.3, 0.4) is 0 Å². The van der Waals surface area contributed by atoms with Crippen LogP contribution in [0.5, 0.6) is 0 Å². The highest BCUT2D eigenvalue weighted by Crippen LogP contribution is 2.21. The number of hydrogen-bond acceptors (Lipinski definition) is 3. The first-order valence-electron chi connectivity index (χ1n) is 5.12. The van der Waals surface area contributed by atoms with Gasteiger partial charge in [0.1, 0.15) is 11.6 Å². The van der Waals surface area contributed by atoms with Crippen molar-refractivity contribution in [2.45, 2.75) is 6.42 Å². The molecular formula is C12H12N2O2. The number of nitrogens with zero attached hydrogens (tertiary/aromatic N) is 2. The fourth-order valence-electron chi connectivity index (χ4n) is 1.81. The molecule has 0 N–H and O–H groups in total. The normalized spacial score (nSPS) is 19.9. The van der Waals surface area contributed by atoms with E-state index in [2.05, 4.69) is 11.6 Å². The van der Waals surface area contributed by atoms with Gasteiger partial charge >= 0.3 is 0 Å². The van der Waals surface area contributed by atoms with Crippen molar-refractivity contribution in [3.8, 4) is 0 Å². The Balaban J connectivity index is 2.19. The highest BCUT2D eigenvalue weighted by atomic mass is 16.2. The molecule has 0 aromatic carbocycles. The van der Waals surface area contributed by atoms with Crippen molar-refractivity contribution in [2.24, 2.45) is 5.92 Å². The quantitative estimate of drug-likeness (QED) is 0.564. The number of pyridine rings is 1. The first-order valence-corrected chi connectivity index (χ1v) is 5.12. The Kier molecular flexibility index (Phi) is 2.81. The van der Waals surface area contributed by atoms with Gasteiger partial charge in [-0.25, -0.2) is 0 Å². The molecule has 1 aromatic heterocycles. The number of likely N-dealkylation sites (tertiary alicyclic amines) is 1. The molecule has 1 aromatic rings. The zero-order chi connectivity index (χ0) is 11.5. The van der Waals surface area contributed by atoms with Crippen molar-refractivity contribution in [2.75, 3.05) is 6.54 Å². The number of amides is 1. The van der Waals surface area contributed by atoms with E-state index in [0.717, 1.165) is 0 Å². The maximum atomic E-state index is 12.0. The van der Waals surface area contributed by atoms with Gasteiger partial charge in [-0.05, 0) is 24.8 Å². The zero-order valence-electron chi connectivity index (χ0n) is 8.80. The fraction of sp³-hybridized carbons (Fsp3) is 0.250. The minimum Gasteiger partial charge on any atom is -0.319 e. The topological polar surface area (TPSA) is 50.3 Å². The molecule has 0 bridgehead atoms. The molecule has 82 valence electrons. The van der Waals surface area contributed by atoms with Gasteiger partial charge in [-0.1, -0.05) is 12.6 Å². The number of Topliss-reactive ketones (excluding diaryl/α,β-unsaturated/α-hetero) is 1. The minimum atomic E-state index is -0.590. The van der Waals surface area contributed by atoms with Crippen LogP contribution in [0.15, 0.2) is 37.2 Å². The van der Waals surface area contributed by atoms with E-state index in [4.69, 9.17) is 0 Å². The molecule has 16 heavy (non-hydrogen) atoms. The third-order valence-corrected chi connectivity index (χ3v) is 2.69. The van der Waals surface area contributed by atoms with Gasteiger partial charge in [-0.3, -0.25) is 14.6 Å². The Morgan fingerprint density at radius 2 is 2.38 bits per heavy atom. The number of rotatable bonds is 3. The Hall–Kier alpha value is -1.97. The number of ketones is 1. The van der Waals surface area contributed by atoms with Gasteiger partial charge in [0.2, 0.25) is 5.91 Å². The van der Waals surface area contributed by atoms with Crippen molar-refractivity contribution >= 4 is 11.7 Å². The third kappa shape index (κ3) is 1.74. The highest BCUT2D eigenvalue weighted by Gasteiger charge is 2.36. The second-order valence-corrected chi connectivity index (χ2v) is 3.63. The van der Waals surface area contributed by atoms with E-state index in [0.29, 0.717) is 18.7 Å². The van der Waals surface area contributed by atoms with E-state index in [1.54, 1.807) is 24.4 Å². The van der Waals surface area contributed by atoms with Gasteiger partial charge < -0.3 is 4.90 Å². The summed E-state index contributed by atoms with van der Waals surface area (Å²) >= 11 is 0. The van der Waals surface area contributed by atoms with Gasteiger partial charge in [0, 0.05) is 12.7 Å². The van der Waals surface area contributed by atoms with Crippen molar-refractivity contribution in [3.05, 3.63) is 42.9 Å². The van der Waals surface area contributed by atoms with Crippen LogP contribution in [-0.4, -0.2) is 28.1 Å². The second kappa shape index (κ2) is 4.26. The third-order valence-electron chi connectivity index (χ3n) is 2.69. The molecule has 1 saturated heterocycles. The molecule has 0 spiro atoms. The lowest BCUT2D eigenvalue weighted by molar-refractivity contribution is -0.127. The van der Waals surface area contributed by atoms with Gasteiger partial charge in [0.25, 0.3) is 0 Å². The SMILES string of the molecule is C=CN1CC[C@@H](C(=O)c2ccccn2)C1=O. The molecule has 1 aliphatic heterocycles. The van der Waals surface area contributed by atoms with Crippen LogP contribution >= 0.6 is 0 Å². The van der Waals surface area contributed by atoms with Crippen LogP contribution in [0.25, 0.3) is 0 Å². The van der Waals surface area contributed by atoms with Gasteiger partial charge in [0.05, 0.1) is 0 Å². The molecule has 0 aliphatic carbocycles. The summed E-state index contributed by atoms with van der Waals surface area (Å²) in [5.74, 6) is -0.964. The van der Waals surface area contributed by atoms with E-state index in [1.807, 2.05) is 0 Å². The first-order chi connectivity index (χ1) is 7.74. The Labute approximate surface area is 93.6 Å². The summed E-state index contributed by atoms with van der Waals surface area (Å²) in [6.45, 7) is 4.10. The molecule has 1 aliphatic rings. The van der Waals surface area contributed by atoms with E-state index in [9.17, 15) is 9.59 Å². The van der Waals surface area contributed by atoms with E-state index in [1.165, 1.54) is 11.1 Å². The van der Waals surface area contributed by atoms with Crippen molar-refractivity contribution in [1.82, 2.24) is 9.88 Å². The van der Waals surface area contributed by atoms with E-state index >= 15 is 0 Å². The van der Waals surface area contributed by atoms with Crippen molar-refractivity contribution in [1.29, 1.82) is 0 Å². The summed E-state index contributed by atoms with van der Waals surface area (Å²) in [7, 11) is 0. The zero-order valence-corrected chi connectivity index (χ0v) is 8.80. The molecule has 0 radical (unpaired) electrons. The van der Waals surface area contributed by atoms with Crippen molar-refractivity contribution < 1.29 is 9.59 Å². The average Bonchev–Trinajstić information content (AvgIpc) is 2.70. The largest absolute Gasteiger partial charge is 0.319 e. The summed E-state index contributed by atoms with van der Waals surface area (Å²) in [6.07, 6.45) is 3.56. The number of hydrogen-bond donors (Lipinski definition) is 0. The summed E-state index contributed by atoms with van der Waals surface area (Å²) < 4.78 is 0. The molecule has 1 amide bonds. The first kappa shape index (κ1) is 10.5. The van der Waals surface area contributed by atoms with Crippen LogP contribution in [0.1, 0.15) is 16.9 Å². The van der Waals surface area contributed by atoms with Gasteiger partial charge in [-0.15, -0.1) is 0 Å². The molecule has 2 heterocycles. The maximum absolute atomic E-state index is 12.0. The molecule has 4 nitrogen and oxygen atoms in total. The van der Waals surface area contributed by atoms with Crippen molar-refractivity contribution in [3.63, 3.8) is 0 Å². The summed E-state index contributed by atoms with van der Waals surface area (Å²) in [5.41, 5.74) is 0.353. The second-order valence-electron chi connectivity index (χ2n) is 3.63. The number of carbonyl (C=O) groups is 2. The van der Waals surface area contributed by atoms with Gasteiger partial charge in [0.15, 0.2) is 5.78 Å². The van der Waals surface area contributed by atoms with E-state index < -0.39 is 5.92 Å². The lowest BCUT2D eigenvalue weighted by atomic mass is 10.00. The molecule has 0 unspecified atom stereocenters. The van der Waals surface area contributed by atoms with Crippen LogP contribution in [-0.2, 0) is 4.79 Å². The molecular weight excluding hydrogens is 204 g/mol. The standard InChI is InChI=1S/C12H12N2O2/c1-2-14-8-6-9(12(14)16)11(15)10-5-3-4-7-13-10/h2-5,7,9H,1,6,8H2/t9-/m0/s1. The Morgan fingerprint density at radius 1 is 1.56 bits per heavy atom. The highest BCUT2D eigenvalue weighted by molar-refractivity contribution is 6.10. The maximum Gasteiger partial charge on any atom is 0.237 e. The van der Waals surface area contributed by atoms with Crippen LogP contribution in [0.2, 0.25) is 0 Å². The van der Waals surface area contributed by atoms with Gasteiger partial charge in [-0.2, -0.15) is 0 Å². The monoisotopic (exact) mass is 216 g/mol. The molecule has 4 heteroatoms. The lowest BCUT2D eigenvalue weighted by Gasteiger charge is -2.09. The smallest absolute Gasteiger partial charge is 0.237 e. The predicted molar refractivity (Wildman–Crippen MR) is 58.6 cm³/mol. The fourth-order valence-corrected chi connectivity index (χ4v) is 1.81. The molecule has 2 rings (SSSR count). The Morgan fingerprint density at radius 3 is 2.94 bits per heavy atom. The van der Waals surface area contributed by atoms with Crippen LogP contribution in [0, 0.1) is 5.92 Å². The number of aromatic nitrogens is 1. The lowest BCUT2D eigenvalue weighted by Crippen LogP contribution is -2.26. The summed E-state index contributed by atoms with van der Waals surface area (Å²) in [5, 5.41) is 0. The van der Waals surface area contributed by atoms with Crippen LogP contribution < -0.4 is 0 Å². The summed E-state index contributed by atoms with van der Waals surface area (Å²) in [4.78, 5) is 29.2.